The van der Waals surface area contributed by atoms with Crippen LogP contribution in [0.25, 0.3) is 0 Å². The lowest BCUT2D eigenvalue weighted by Crippen LogP contribution is -2.06. The fourth-order valence-corrected chi connectivity index (χ4v) is 3.70. The molecule has 5 nitrogen and oxygen atoms in total. The summed E-state index contributed by atoms with van der Waals surface area (Å²) in [6.45, 7) is 4.53. The zero-order valence-electron chi connectivity index (χ0n) is 12.6. The van der Waals surface area contributed by atoms with Crippen LogP contribution in [0.5, 0.6) is 0 Å². The third-order valence-electron chi connectivity index (χ3n) is 2.60. The molecule has 0 saturated carbocycles. The smallest absolute Gasteiger partial charge is 0.301 e. The largest absolute Gasteiger partial charge is 0.396 e. The third kappa shape index (κ3) is 7.12. The number of nitrogens with zero attached hydrogens (tertiary/aromatic N) is 2. The van der Waals surface area contributed by atoms with Crippen LogP contribution in [0.15, 0.2) is 27.6 Å². The Balaban J connectivity index is 2.61. The van der Waals surface area contributed by atoms with Gasteiger partial charge in [-0.1, -0.05) is 19.0 Å². The number of sulfone groups is 1. The van der Waals surface area contributed by atoms with E-state index in [1.807, 2.05) is 13.8 Å². The van der Waals surface area contributed by atoms with E-state index in [0.717, 1.165) is 17.8 Å². The summed E-state index contributed by atoms with van der Waals surface area (Å²) in [6.07, 6.45) is 0.0364. The number of thiazole rings is 1. The second-order valence-electron chi connectivity index (χ2n) is 5.01. The van der Waals surface area contributed by atoms with Crippen LogP contribution >= 0.6 is 11.3 Å². The summed E-state index contributed by atoms with van der Waals surface area (Å²) < 4.78 is 60.0. The Hall–Kier alpha value is -1.42. The second kappa shape index (κ2) is 9.02. The van der Waals surface area contributed by atoms with E-state index < -0.39 is 33.9 Å². The van der Waals surface area contributed by atoms with Crippen LogP contribution in [0, 0.1) is 5.92 Å². The molecular weight excluding hydrogens is 353 g/mol. The maximum Gasteiger partial charge on any atom is 0.301 e. The van der Waals surface area contributed by atoms with Gasteiger partial charge in [-0.2, -0.15) is 8.78 Å². The van der Waals surface area contributed by atoms with Crippen molar-refractivity contribution < 1.29 is 26.4 Å². The van der Waals surface area contributed by atoms with Gasteiger partial charge in [0.15, 0.2) is 5.83 Å². The highest BCUT2D eigenvalue weighted by Gasteiger charge is 2.20. The quantitative estimate of drug-likeness (QED) is 0.377. The Labute approximate surface area is 136 Å². The van der Waals surface area contributed by atoms with Crippen LogP contribution in [0.3, 0.4) is 0 Å². The van der Waals surface area contributed by atoms with Gasteiger partial charge in [-0.05, 0) is 12.3 Å². The van der Waals surface area contributed by atoms with Crippen molar-refractivity contribution >= 4 is 27.4 Å². The highest BCUT2D eigenvalue weighted by Crippen LogP contribution is 2.21. The molecule has 0 radical (unpaired) electrons. The molecule has 0 saturated heterocycles. The minimum atomic E-state index is -3.92. The van der Waals surface area contributed by atoms with Gasteiger partial charge in [-0.3, -0.25) is 0 Å². The molecular formula is C13H17F3N2O3S2. The van der Waals surface area contributed by atoms with Crippen LogP contribution in [0.2, 0.25) is 0 Å². The zero-order valence-corrected chi connectivity index (χ0v) is 14.3. The zero-order chi connectivity index (χ0) is 17.5. The summed E-state index contributed by atoms with van der Waals surface area (Å²) in [4.78, 5) is 9.14. The Morgan fingerprint density at radius 1 is 1.43 bits per heavy atom. The Bertz CT molecular complexity index is 666. The fourth-order valence-electron chi connectivity index (χ4n) is 1.31. The maximum absolute atomic E-state index is 12.7. The molecule has 0 fully saturated rings. The van der Waals surface area contributed by atoms with Crippen LogP contribution in [-0.4, -0.2) is 32.0 Å². The standard InChI is InChI=1S/C13H17F3N2O3S2/c1-9(2)3-5-21-18-8-10-7-17-13(22-10)23(19,20)6-4-11(14)12(15)16/h7-9H,3-6H2,1-2H3. The van der Waals surface area contributed by atoms with Crippen molar-refractivity contribution in [3.63, 3.8) is 0 Å². The molecule has 1 heterocycles. The van der Waals surface area contributed by atoms with Gasteiger partial charge in [-0.15, -0.1) is 11.3 Å². The van der Waals surface area contributed by atoms with Crippen molar-refractivity contribution in [1.29, 1.82) is 0 Å². The lowest BCUT2D eigenvalue weighted by Gasteiger charge is -2.01. The maximum atomic E-state index is 12.7. The van der Waals surface area contributed by atoms with Crippen molar-refractivity contribution in [2.24, 2.45) is 11.1 Å². The highest BCUT2D eigenvalue weighted by atomic mass is 32.2. The number of allylic oxidation sites excluding steroid dienone is 1. The first-order valence-corrected chi connectivity index (χ1v) is 9.23. The van der Waals surface area contributed by atoms with E-state index in [4.69, 9.17) is 4.84 Å². The van der Waals surface area contributed by atoms with Crippen molar-refractivity contribution in [2.45, 2.75) is 31.0 Å². The van der Waals surface area contributed by atoms with Gasteiger partial charge in [0.25, 0.3) is 0 Å². The average Bonchev–Trinajstić information content (AvgIpc) is 2.93. The van der Waals surface area contributed by atoms with Crippen molar-refractivity contribution in [3.8, 4) is 0 Å². The van der Waals surface area contributed by atoms with Crippen molar-refractivity contribution in [1.82, 2.24) is 4.98 Å². The van der Waals surface area contributed by atoms with Crippen molar-refractivity contribution in [3.05, 3.63) is 23.0 Å². The highest BCUT2D eigenvalue weighted by molar-refractivity contribution is 7.93. The molecule has 0 unspecified atom stereocenters. The summed E-state index contributed by atoms with van der Waals surface area (Å²) in [5.41, 5.74) is 0. The van der Waals surface area contributed by atoms with Crippen LogP contribution in [0.4, 0.5) is 13.2 Å². The van der Waals surface area contributed by atoms with Gasteiger partial charge >= 0.3 is 6.08 Å². The summed E-state index contributed by atoms with van der Waals surface area (Å²) in [6, 6.07) is 0. The van der Waals surface area contributed by atoms with Gasteiger partial charge in [0.1, 0.15) is 6.61 Å². The summed E-state index contributed by atoms with van der Waals surface area (Å²) >= 11 is 0.810. The molecule has 10 heteroatoms. The van der Waals surface area contributed by atoms with Crippen molar-refractivity contribution in [2.75, 3.05) is 12.4 Å². The fraction of sp³-hybridized carbons (Fsp3) is 0.538. The van der Waals surface area contributed by atoms with E-state index in [1.165, 1.54) is 12.4 Å². The molecule has 0 bridgehead atoms. The molecule has 0 aliphatic rings. The second-order valence-corrected chi connectivity index (χ2v) is 8.36. The lowest BCUT2D eigenvalue weighted by molar-refractivity contribution is 0.134. The van der Waals surface area contributed by atoms with E-state index in [1.54, 1.807) is 0 Å². The Kier molecular flexibility index (Phi) is 7.69. The number of rotatable bonds is 9. The van der Waals surface area contributed by atoms with Gasteiger partial charge in [0.05, 0.1) is 16.8 Å². The third-order valence-corrected chi connectivity index (χ3v) is 5.72. The van der Waals surface area contributed by atoms with Gasteiger partial charge in [0, 0.05) is 12.6 Å². The molecule has 0 aliphatic heterocycles. The molecule has 0 aromatic carbocycles. The normalized spacial score (nSPS) is 12.1. The minimum absolute atomic E-state index is 0.270. The lowest BCUT2D eigenvalue weighted by atomic mass is 10.1. The molecule has 23 heavy (non-hydrogen) atoms. The SMILES string of the molecule is CC(C)CCON=Cc1cnc(S(=O)(=O)CCC(F)=C(F)F)s1. The average molecular weight is 370 g/mol. The van der Waals surface area contributed by atoms with E-state index in [0.29, 0.717) is 17.4 Å². The number of hydrogen-bond acceptors (Lipinski definition) is 6. The topological polar surface area (TPSA) is 68.6 Å². The van der Waals surface area contributed by atoms with E-state index in [2.05, 4.69) is 10.1 Å². The molecule has 0 amide bonds. The number of halogens is 3. The molecule has 1 aromatic rings. The molecule has 0 atom stereocenters. The van der Waals surface area contributed by atoms with E-state index >= 15 is 0 Å². The number of oxime groups is 1. The van der Waals surface area contributed by atoms with Crippen LogP contribution in [0.1, 0.15) is 31.6 Å². The molecule has 0 spiro atoms. The van der Waals surface area contributed by atoms with Crippen LogP contribution < -0.4 is 0 Å². The summed E-state index contributed by atoms with van der Waals surface area (Å²) in [5.74, 6) is -2.02. The molecule has 0 aliphatic carbocycles. The predicted octanol–water partition coefficient (Wildman–Crippen LogP) is 3.78. The number of aromatic nitrogens is 1. The monoisotopic (exact) mass is 370 g/mol. The molecule has 1 rings (SSSR count). The first kappa shape index (κ1) is 19.6. The van der Waals surface area contributed by atoms with Gasteiger partial charge in [-0.25, -0.2) is 17.8 Å². The van der Waals surface area contributed by atoms with E-state index in [-0.39, 0.29) is 4.34 Å². The molecule has 130 valence electrons. The summed E-state index contributed by atoms with van der Waals surface area (Å²) in [7, 11) is -3.92. The Morgan fingerprint density at radius 3 is 2.74 bits per heavy atom. The van der Waals surface area contributed by atoms with Gasteiger partial charge < -0.3 is 4.84 Å². The van der Waals surface area contributed by atoms with E-state index in [9.17, 15) is 21.6 Å². The summed E-state index contributed by atoms with van der Waals surface area (Å²) in [5, 5.41) is 3.69. The number of hydrogen-bond donors (Lipinski definition) is 0. The Morgan fingerprint density at radius 2 is 2.13 bits per heavy atom. The first-order chi connectivity index (χ1) is 10.7. The van der Waals surface area contributed by atoms with Crippen LogP contribution in [-0.2, 0) is 14.7 Å². The minimum Gasteiger partial charge on any atom is -0.396 e. The predicted molar refractivity (Wildman–Crippen MR) is 82.1 cm³/mol. The van der Waals surface area contributed by atoms with Gasteiger partial charge in [0.2, 0.25) is 14.2 Å². The first-order valence-electron chi connectivity index (χ1n) is 6.76. The molecule has 1 aromatic heterocycles. The molecule has 0 N–H and O–H groups in total.